The molecular weight excluding hydrogens is 1300 g/mol. The number of phosphoric ester groups is 3. The number of aliphatic hydroxyl groups excluding tert-OH is 5. The summed E-state index contributed by atoms with van der Waals surface area (Å²) in [6.07, 6.45) is -20.5. The van der Waals surface area contributed by atoms with E-state index in [1.54, 1.807) is 0 Å². The fourth-order valence-corrected chi connectivity index (χ4v) is 13.5. The minimum absolute atomic E-state index is 0.00796. The van der Waals surface area contributed by atoms with E-state index in [1.165, 1.54) is 10.9 Å². The van der Waals surface area contributed by atoms with Crippen LogP contribution in [0.1, 0.15) is 24.9 Å². The van der Waals surface area contributed by atoms with Crippen LogP contribution in [0.5, 0.6) is 0 Å². The molecule has 4 aliphatic heterocycles. The molecule has 3 unspecified atom stereocenters. The summed E-state index contributed by atoms with van der Waals surface area (Å²) in [7, 11) is -21.2. The SMILES string of the molecule is Nc1ncnc2c1ncn2[C@@H]1O[C@H](COP(=O)(O)O[C@@H]2[C@H](O)[C@@H](COCP(=O)(O)O[C@@H]3[C@H](O)[C@@H](COP(=O)(O)O[C@@H]4[C@H](O)[C@@H](COP(=O)(O)O)O[C@H]4n4cnc5c(N)ncnc54)O[C@H]3n3cnc4c(N)ncnc43)O[C@H]2n2cnc3c(N)ncnc32)[C@@H](O)[C@H]1O. The number of imidazole rings is 4. The molecule has 486 valence electrons. The van der Waals surface area contributed by atoms with Crippen molar-refractivity contribution in [1.29, 1.82) is 0 Å². The van der Waals surface area contributed by atoms with E-state index in [-0.39, 0.29) is 67.9 Å². The Kier molecular flexibility index (Phi) is 17.3. The molecule has 0 spiro atoms. The summed E-state index contributed by atoms with van der Waals surface area (Å²) in [6, 6.07) is 0. The van der Waals surface area contributed by atoms with Gasteiger partial charge in [-0.25, -0.2) is 73.5 Å². The minimum Gasteiger partial charge on any atom is -0.387 e. The van der Waals surface area contributed by atoms with Crippen molar-refractivity contribution < 1.29 is 119 Å². The molecule has 4 saturated heterocycles. The Labute approximate surface area is 499 Å². The number of phosphoric acid groups is 3. The van der Waals surface area contributed by atoms with E-state index in [4.69, 9.17) is 69.2 Å². The number of nitrogen functional groups attached to an aromatic ring is 4. The molecule has 0 aliphatic carbocycles. The molecule has 12 heterocycles. The van der Waals surface area contributed by atoms with Crippen LogP contribution in [0.15, 0.2) is 50.6 Å². The maximum Gasteiger partial charge on any atom is 0.472 e. The van der Waals surface area contributed by atoms with Gasteiger partial charge in [0.05, 0.1) is 51.7 Å². The van der Waals surface area contributed by atoms with E-state index in [9.17, 15) is 68.3 Å². The first-order chi connectivity index (χ1) is 42.7. The predicted octanol–water partition coefficient (Wildman–Crippen LogP) is -4.27. The van der Waals surface area contributed by atoms with Crippen molar-refractivity contribution in [2.45, 2.75) is 98.2 Å². The molecule has 90 heavy (non-hydrogen) atoms. The van der Waals surface area contributed by atoms with Crippen molar-refractivity contribution in [3.8, 4) is 0 Å². The fourth-order valence-electron chi connectivity index (χ4n) is 10.3. The van der Waals surface area contributed by atoms with Crippen molar-refractivity contribution in [1.82, 2.24) is 78.1 Å². The van der Waals surface area contributed by atoms with Crippen LogP contribution in [0.25, 0.3) is 44.7 Å². The van der Waals surface area contributed by atoms with Gasteiger partial charge in [-0.3, -0.25) is 50.0 Å². The van der Waals surface area contributed by atoms with Gasteiger partial charge in [-0.15, -0.1) is 0 Å². The maximum absolute atomic E-state index is 14.1. The van der Waals surface area contributed by atoms with Crippen molar-refractivity contribution in [3.63, 3.8) is 0 Å². The van der Waals surface area contributed by atoms with Crippen LogP contribution < -0.4 is 22.9 Å². The van der Waals surface area contributed by atoms with Gasteiger partial charge in [0.25, 0.3) is 0 Å². The Morgan fingerprint density at radius 1 is 0.400 bits per heavy atom. The molecular formula is C41H52N20O25P4. The van der Waals surface area contributed by atoms with Crippen LogP contribution in [0.4, 0.5) is 23.3 Å². The second kappa shape index (κ2) is 24.5. The monoisotopic (exact) mass is 1350 g/mol. The summed E-state index contributed by atoms with van der Waals surface area (Å²) in [6.45, 7) is -3.77. The van der Waals surface area contributed by atoms with Crippen molar-refractivity contribution >= 4 is 99.0 Å². The number of fused-ring (bicyclic) bond motifs is 4. The third-order valence-corrected chi connectivity index (χ3v) is 18.0. The lowest BCUT2D eigenvalue weighted by molar-refractivity contribution is -0.0667. The summed E-state index contributed by atoms with van der Waals surface area (Å²) in [5.74, 6) is -0.316. The Bertz CT molecular complexity index is 4170. The van der Waals surface area contributed by atoms with Gasteiger partial charge in [0.2, 0.25) is 0 Å². The van der Waals surface area contributed by atoms with E-state index < -0.39 is 162 Å². The van der Waals surface area contributed by atoms with Crippen LogP contribution >= 0.6 is 31.1 Å². The molecule has 4 aliphatic rings. The zero-order chi connectivity index (χ0) is 63.9. The van der Waals surface area contributed by atoms with E-state index in [0.29, 0.717) is 0 Å². The van der Waals surface area contributed by atoms with E-state index in [0.717, 1.165) is 58.0 Å². The largest absolute Gasteiger partial charge is 0.472 e. The number of aliphatic hydroxyl groups is 5. The number of rotatable bonds is 23. The van der Waals surface area contributed by atoms with Gasteiger partial charge in [0.1, 0.15) is 127 Å². The second-order valence-corrected chi connectivity index (χ2v) is 26.0. The molecule has 19 atom stereocenters. The lowest BCUT2D eigenvalue weighted by atomic mass is 10.1. The quantitative estimate of drug-likeness (QED) is 0.0270. The molecule has 18 N–H and O–H groups in total. The molecule has 4 fully saturated rings. The van der Waals surface area contributed by atoms with E-state index >= 15 is 0 Å². The molecule has 12 rings (SSSR count). The molecule has 45 nitrogen and oxygen atoms in total. The van der Waals surface area contributed by atoms with Crippen molar-refractivity contribution in [3.05, 3.63) is 50.6 Å². The van der Waals surface area contributed by atoms with Crippen LogP contribution in [0.3, 0.4) is 0 Å². The van der Waals surface area contributed by atoms with E-state index in [1.807, 2.05) is 0 Å². The molecule has 0 bridgehead atoms. The molecule has 8 aromatic heterocycles. The molecule has 49 heteroatoms. The third-order valence-electron chi connectivity index (χ3n) is 14.5. The first-order valence-corrected chi connectivity index (χ1v) is 32.3. The van der Waals surface area contributed by atoms with Gasteiger partial charge in [0, 0.05) is 0 Å². The van der Waals surface area contributed by atoms with Crippen molar-refractivity contribution in [2.75, 3.05) is 55.7 Å². The summed E-state index contributed by atoms with van der Waals surface area (Å²) in [5, 5.41) is 56.7. The Balaban J connectivity index is 0.731. The Hall–Kier alpha value is -6.52. The highest BCUT2D eigenvalue weighted by Gasteiger charge is 2.55. The number of ether oxygens (including phenoxy) is 5. The fraction of sp³-hybridized carbons (Fsp3) is 0.512. The van der Waals surface area contributed by atoms with Gasteiger partial charge in [-0.1, -0.05) is 0 Å². The number of nitrogens with zero attached hydrogens (tertiary/aromatic N) is 16. The highest BCUT2D eigenvalue weighted by molar-refractivity contribution is 7.52. The lowest BCUT2D eigenvalue weighted by Gasteiger charge is -2.25. The number of aromatic nitrogens is 16. The molecule has 0 radical (unpaired) electrons. The van der Waals surface area contributed by atoms with Crippen molar-refractivity contribution in [2.24, 2.45) is 0 Å². The number of hydrogen-bond acceptors (Lipinski definition) is 36. The molecule has 0 amide bonds. The standard InChI is InChI=1S/C41H52N20O25P4/c42-30-18-34(50-5-46-30)58(9-54-18)38-26(66)22(62)15(80-38)3-78-89(72,73)85-28-23(63)14(81-40(28)60-11-56-20-32(44)48-7-52-36(20)60)1-76-13-87(67,68)84-27-24(64)17(83-39(27)59-10-55-19-31(43)47-6-51-35(19)59)4-79-90(74,75)86-29-25(65)16(2-77-88(69,70)71)82-41(29)61-12-57-21-33(45)49-8-53-37(21)61/h5-12,14-17,22-29,38-41,62-66H,1-4,13H2,(H,67,68)(H,72,73)(H,74,75)(H2,42,46,50)(H2,43,47,51)(H2,44,48,52)(H2,45,49,53)(H2,69,70,71)/t14-,15-,16-,17-,22-,23-,24-,25-,26-,27-,28-,29-,38-,39-,40-,41-/m1/s1. The molecule has 8 aromatic rings. The zero-order valence-electron chi connectivity index (χ0n) is 45.2. The summed E-state index contributed by atoms with van der Waals surface area (Å²) >= 11 is 0. The molecule has 0 saturated carbocycles. The highest BCUT2D eigenvalue weighted by atomic mass is 31.2. The van der Waals surface area contributed by atoms with Crippen LogP contribution in [0.2, 0.25) is 0 Å². The molecule has 0 aromatic carbocycles. The lowest BCUT2D eigenvalue weighted by Crippen LogP contribution is -2.37. The summed E-state index contributed by atoms with van der Waals surface area (Å²) in [4.78, 5) is 101. The van der Waals surface area contributed by atoms with Crippen LogP contribution in [0, 0.1) is 0 Å². The van der Waals surface area contributed by atoms with E-state index in [2.05, 4.69) is 64.3 Å². The third kappa shape index (κ3) is 12.5. The average Bonchev–Trinajstić information content (AvgIpc) is 1.64. The highest BCUT2D eigenvalue weighted by Crippen LogP contribution is 2.54. The number of anilines is 4. The van der Waals surface area contributed by atoms with Gasteiger partial charge in [-0.2, -0.15) is 0 Å². The predicted molar refractivity (Wildman–Crippen MR) is 289 cm³/mol. The van der Waals surface area contributed by atoms with Crippen LogP contribution in [-0.2, 0) is 69.1 Å². The van der Waals surface area contributed by atoms with Gasteiger partial charge in [0.15, 0.2) is 70.8 Å². The maximum atomic E-state index is 14.1. The average molecular weight is 1350 g/mol. The van der Waals surface area contributed by atoms with Crippen LogP contribution in [-0.4, -0.2) is 234 Å². The van der Waals surface area contributed by atoms with Gasteiger partial charge < -0.3 is 96.6 Å². The number of nitrogens with two attached hydrogens (primary N) is 4. The second-order valence-electron chi connectivity index (χ2n) is 20.2. The number of hydrogen-bond donors (Lipinski definition) is 14. The Morgan fingerprint density at radius 3 is 1.08 bits per heavy atom. The first kappa shape index (κ1) is 63.6. The normalized spacial score (nSPS) is 31.1. The topological polar surface area (TPSA) is 651 Å². The van der Waals surface area contributed by atoms with Gasteiger partial charge >= 0.3 is 31.1 Å². The smallest absolute Gasteiger partial charge is 0.387 e. The minimum atomic E-state index is -5.51. The summed E-state index contributed by atoms with van der Waals surface area (Å²) in [5.41, 5.74) is 24.0. The Morgan fingerprint density at radius 2 is 0.711 bits per heavy atom. The summed E-state index contributed by atoms with van der Waals surface area (Å²) < 4.78 is 119. The zero-order valence-corrected chi connectivity index (χ0v) is 48.8. The first-order valence-electron chi connectivity index (χ1n) is 26.0. The van der Waals surface area contributed by atoms with Gasteiger partial charge in [-0.05, 0) is 0 Å².